The summed E-state index contributed by atoms with van der Waals surface area (Å²) >= 11 is 6.89. The summed E-state index contributed by atoms with van der Waals surface area (Å²) in [5, 5.41) is -0.254. The van der Waals surface area contributed by atoms with E-state index in [4.69, 9.17) is 21.1 Å². The molecule has 0 N–H and O–H groups in total. The molecular formula is C25H19ClFNO4S. The van der Waals surface area contributed by atoms with E-state index in [0.717, 1.165) is 28.3 Å². The lowest BCUT2D eigenvalue weighted by atomic mass is 10.1. The van der Waals surface area contributed by atoms with Crippen molar-refractivity contribution in [1.29, 1.82) is 0 Å². The molecular weight excluding hydrogens is 465 g/mol. The summed E-state index contributed by atoms with van der Waals surface area (Å²) in [6, 6.07) is 18.9. The summed E-state index contributed by atoms with van der Waals surface area (Å²) < 4.78 is 24.6. The normalized spacial score (nSPS) is 14.8. The number of halogens is 2. The predicted octanol–water partition coefficient (Wildman–Crippen LogP) is 6.30. The molecule has 33 heavy (non-hydrogen) atoms. The van der Waals surface area contributed by atoms with Gasteiger partial charge in [0.25, 0.3) is 11.1 Å². The van der Waals surface area contributed by atoms with Crippen molar-refractivity contribution in [1.82, 2.24) is 4.90 Å². The number of methoxy groups -OCH3 is 1. The van der Waals surface area contributed by atoms with Crippen molar-refractivity contribution in [3.63, 3.8) is 0 Å². The highest BCUT2D eigenvalue weighted by atomic mass is 35.5. The van der Waals surface area contributed by atoms with Crippen LogP contribution < -0.4 is 9.47 Å². The fourth-order valence-electron chi connectivity index (χ4n) is 3.24. The van der Waals surface area contributed by atoms with Crippen molar-refractivity contribution in [2.45, 2.75) is 13.2 Å². The number of nitrogens with zero attached hydrogens (tertiary/aromatic N) is 1. The molecule has 1 fully saturated rings. The molecule has 1 aliphatic heterocycles. The zero-order valence-corrected chi connectivity index (χ0v) is 19.2. The summed E-state index contributed by atoms with van der Waals surface area (Å²) in [6.07, 6.45) is 1.63. The van der Waals surface area contributed by atoms with Gasteiger partial charge in [-0.05, 0) is 58.8 Å². The van der Waals surface area contributed by atoms with Gasteiger partial charge in [-0.25, -0.2) is 4.39 Å². The zero-order valence-electron chi connectivity index (χ0n) is 17.6. The van der Waals surface area contributed by atoms with E-state index in [9.17, 15) is 14.0 Å². The van der Waals surface area contributed by atoms with Crippen molar-refractivity contribution in [3.05, 3.63) is 99.2 Å². The van der Waals surface area contributed by atoms with E-state index in [1.807, 2.05) is 30.3 Å². The molecule has 8 heteroatoms. The molecule has 5 nitrogen and oxygen atoms in total. The molecule has 3 aromatic carbocycles. The van der Waals surface area contributed by atoms with Crippen LogP contribution in [0.4, 0.5) is 9.18 Å². The number of ether oxygens (including phenoxy) is 2. The van der Waals surface area contributed by atoms with Crippen LogP contribution in [0, 0.1) is 5.82 Å². The molecule has 0 saturated carbocycles. The van der Waals surface area contributed by atoms with Gasteiger partial charge in [-0.2, -0.15) is 0 Å². The number of carbonyl (C=O) groups is 2. The highest BCUT2D eigenvalue weighted by molar-refractivity contribution is 8.18. The van der Waals surface area contributed by atoms with E-state index in [1.165, 1.54) is 19.2 Å². The molecule has 1 heterocycles. The number of hydrogen-bond donors (Lipinski definition) is 0. The van der Waals surface area contributed by atoms with Crippen molar-refractivity contribution < 1.29 is 23.5 Å². The molecule has 168 valence electrons. The van der Waals surface area contributed by atoms with Gasteiger partial charge < -0.3 is 9.47 Å². The van der Waals surface area contributed by atoms with Crippen LogP contribution in [0.25, 0.3) is 6.08 Å². The number of imide groups is 1. The monoisotopic (exact) mass is 483 g/mol. The molecule has 4 rings (SSSR count). The number of rotatable bonds is 7. The Kier molecular flexibility index (Phi) is 7.01. The molecule has 0 unspecified atom stereocenters. The number of thioether (sulfide) groups is 1. The van der Waals surface area contributed by atoms with Gasteiger partial charge in [0, 0.05) is 5.02 Å². The fourth-order valence-corrected chi connectivity index (χ4v) is 4.30. The van der Waals surface area contributed by atoms with Crippen LogP contribution in [0.5, 0.6) is 11.5 Å². The largest absolute Gasteiger partial charge is 0.493 e. The predicted molar refractivity (Wildman–Crippen MR) is 127 cm³/mol. The van der Waals surface area contributed by atoms with E-state index < -0.39 is 17.0 Å². The number of hydrogen-bond acceptors (Lipinski definition) is 5. The fraction of sp³-hybridized carbons (Fsp3) is 0.120. The minimum absolute atomic E-state index is 0.0310. The zero-order chi connectivity index (χ0) is 23.4. The van der Waals surface area contributed by atoms with Crippen LogP contribution in [-0.2, 0) is 17.9 Å². The van der Waals surface area contributed by atoms with E-state index in [-0.39, 0.29) is 16.5 Å². The Morgan fingerprint density at radius 3 is 2.55 bits per heavy atom. The summed E-state index contributed by atoms with van der Waals surface area (Å²) in [5.74, 6) is 0.159. The van der Waals surface area contributed by atoms with Gasteiger partial charge in [0.1, 0.15) is 12.4 Å². The van der Waals surface area contributed by atoms with Crippen LogP contribution in [0.3, 0.4) is 0 Å². The molecule has 0 bridgehead atoms. The first kappa shape index (κ1) is 22.9. The number of amides is 2. The minimum Gasteiger partial charge on any atom is -0.493 e. The second kappa shape index (κ2) is 10.1. The Morgan fingerprint density at radius 1 is 1.03 bits per heavy atom. The van der Waals surface area contributed by atoms with E-state index >= 15 is 0 Å². The highest BCUT2D eigenvalue weighted by Crippen LogP contribution is 2.36. The van der Waals surface area contributed by atoms with E-state index in [1.54, 1.807) is 24.3 Å². The molecule has 1 aliphatic rings. The SMILES string of the molecule is COc1cc(/C=C2\SC(=O)N(Cc3ccc(F)cc3Cl)C2=O)ccc1OCc1ccccc1. The van der Waals surface area contributed by atoms with Gasteiger partial charge in [0.2, 0.25) is 0 Å². The average Bonchev–Trinajstić information content (AvgIpc) is 3.07. The molecule has 0 radical (unpaired) electrons. The quantitative estimate of drug-likeness (QED) is 0.369. The Labute approximate surface area is 199 Å². The lowest BCUT2D eigenvalue weighted by Gasteiger charge is -2.13. The third-order valence-electron chi connectivity index (χ3n) is 4.94. The smallest absolute Gasteiger partial charge is 0.293 e. The summed E-state index contributed by atoms with van der Waals surface area (Å²) in [5.41, 5.74) is 2.20. The maximum absolute atomic E-state index is 13.3. The van der Waals surface area contributed by atoms with E-state index in [0.29, 0.717) is 29.2 Å². The Morgan fingerprint density at radius 2 is 1.82 bits per heavy atom. The Hall–Kier alpha value is -3.29. The van der Waals surface area contributed by atoms with Crippen LogP contribution in [-0.4, -0.2) is 23.2 Å². The van der Waals surface area contributed by atoms with Crippen LogP contribution in [0.1, 0.15) is 16.7 Å². The maximum Gasteiger partial charge on any atom is 0.293 e. The minimum atomic E-state index is -0.483. The first-order valence-corrected chi connectivity index (χ1v) is 11.2. The van der Waals surface area contributed by atoms with Gasteiger partial charge in [0.05, 0.1) is 18.6 Å². The molecule has 1 saturated heterocycles. The molecule has 0 aliphatic carbocycles. The van der Waals surface area contributed by atoms with Gasteiger partial charge in [0.15, 0.2) is 11.5 Å². The summed E-state index contributed by atoms with van der Waals surface area (Å²) in [7, 11) is 1.54. The number of carbonyl (C=O) groups excluding carboxylic acids is 2. The lowest BCUT2D eigenvalue weighted by molar-refractivity contribution is -0.123. The number of benzene rings is 3. The summed E-state index contributed by atoms with van der Waals surface area (Å²) in [4.78, 5) is 26.6. The summed E-state index contributed by atoms with van der Waals surface area (Å²) in [6.45, 7) is 0.359. The van der Waals surface area contributed by atoms with Gasteiger partial charge in [-0.3, -0.25) is 14.5 Å². The van der Waals surface area contributed by atoms with Crippen molar-refractivity contribution in [2.75, 3.05) is 7.11 Å². The molecule has 3 aromatic rings. The second-order valence-corrected chi connectivity index (χ2v) is 8.59. The third kappa shape index (κ3) is 5.38. The van der Waals surface area contributed by atoms with Gasteiger partial charge in [-0.15, -0.1) is 0 Å². The Balaban J connectivity index is 1.49. The topological polar surface area (TPSA) is 55.8 Å². The first-order chi connectivity index (χ1) is 15.9. The molecule has 2 amide bonds. The highest BCUT2D eigenvalue weighted by Gasteiger charge is 2.35. The van der Waals surface area contributed by atoms with Gasteiger partial charge >= 0.3 is 0 Å². The molecule has 0 atom stereocenters. The lowest BCUT2D eigenvalue weighted by Crippen LogP contribution is -2.27. The van der Waals surface area contributed by atoms with Crippen molar-refractivity contribution >= 4 is 40.6 Å². The standard InChI is InChI=1S/C25H19ClFNO4S/c1-31-22-11-17(7-10-21(22)32-15-16-5-3-2-4-6-16)12-23-24(29)28(25(30)33-23)14-18-8-9-19(27)13-20(18)26/h2-13H,14-15H2,1H3/b23-12-. The van der Waals surface area contributed by atoms with Gasteiger partial charge in [-0.1, -0.05) is 54.1 Å². The first-order valence-electron chi connectivity index (χ1n) is 9.98. The van der Waals surface area contributed by atoms with Crippen LogP contribution >= 0.6 is 23.4 Å². The average molecular weight is 484 g/mol. The maximum atomic E-state index is 13.3. The van der Waals surface area contributed by atoms with Crippen molar-refractivity contribution in [2.24, 2.45) is 0 Å². The second-order valence-electron chi connectivity index (χ2n) is 7.19. The van der Waals surface area contributed by atoms with E-state index in [2.05, 4.69) is 0 Å². The molecule has 0 aromatic heterocycles. The van der Waals surface area contributed by atoms with Crippen LogP contribution in [0.15, 0.2) is 71.6 Å². The van der Waals surface area contributed by atoms with Crippen LogP contribution in [0.2, 0.25) is 5.02 Å². The Bertz CT molecular complexity index is 1230. The van der Waals surface area contributed by atoms with Crippen molar-refractivity contribution in [3.8, 4) is 11.5 Å². The molecule has 0 spiro atoms. The third-order valence-corrected chi connectivity index (χ3v) is 6.20.